The molecule has 0 aliphatic carbocycles. The van der Waals surface area contributed by atoms with Crippen molar-refractivity contribution in [3.63, 3.8) is 0 Å². The van der Waals surface area contributed by atoms with E-state index in [1.54, 1.807) is 24.3 Å². The van der Waals surface area contributed by atoms with E-state index in [0.29, 0.717) is 10.7 Å². The van der Waals surface area contributed by atoms with Gasteiger partial charge in [0.2, 0.25) is 0 Å². The second kappa shape index (κ2) is 9.80. The SMILES string of the molecule is CCCCc1ccc2nc(NC(=S)NC(=O)c3ccc(OC(C)C)cc3)sc2c1. The molecule has 0 fully saturated rings. The summed E-state index contributed by atoms with van der Waals surface area (Å²) >= 11 is 6.81. The van der Waals surface area contributed by atoms with E-state index in [9.17, 15) is 4.79 Å². The van der Waals surface area contributed by atoms with Crippen molar-refractivity contribution in [2.45, 2.75) is 46.1 Å². The van der Waals surface area contributed by atoms with E-state index in [-0.39, 0.29) is 17.1 Å². The zero-order valence-electron chi connectivity index (χ0n) is 16.8. The van der Waals surface area contributed by atoms with E-state index < -0.39 is 0 Å². The minimum absolute atomic E-state index is 0.0861. The quantitative estimate of drug-likeness (QED) is 0.484. The maximum atomic E-state index is 12.4. The Bertz CT molecular complexity index is 997. The molecule has 29 heavy (non-hydrogen) atoms. The number of aryl methyl sites for hydroxylation is 1. The van der Waals surface area contributed by atoms with Crippen molar-refractivity contribution >= 4 is 49.9 Å². The second-order valence-corrected chi connectivity index (χ2v) is 8.46. The van der Waals surface area contributed by atoms with Crippen LogP contribution in [0.25, 0.3) is 10.2 Å². The highest BCUT2D eigenvalue weighted by Gasteiger charge is 2.11. The first-order valence-corrected chi connectivity index (χ1v) is 11.0. The van der Waals surface area contributed by atoms with Crippen LogP contribution in [-0.4, -0.2) is 22.1 Å². The lowest BCUT2D eigenvalue weighted by Gasteiger charge is -2.10. The van der Waals surface area contributed by atoms with Crippen LogP contribution in [0.2, 0.25) is 0 Å². The number of ether oxygens (including phenoxy) is 1. The average molecular weight is 428 g/mol. The minimum atomic E-state index is -0.276. The van der Waals surface area contributed by atoms with Gasteiger partial charge in [0, 0.05) is 5.56 Å². The summed E-state index contributed by atoms with van der Waals surface area (Å²) in [6, 6.07) is 13.3. The van der Waals surface area contributed by atoms with E-state index in [1.165, 1.54) is 29.7 Å². The summed E-state index contributed by atoms with van der Waals surface area (Å²) in [5.41, 5.74) is 2.75. The minimum Gasteiger partial charge on any atom is -0.491 e. The predicted molar refractivity (Wildman–Crippen MR) is 124 cm³/mol. The van der Waals surface area contributed by atoms with Gasteiger partial charge in [0.05, 0.1) is 16.3 Å². The molecule has 0 saturated heterocycles. The normalized spacial score (nSPS) is 10.9. The maximum Gasteiger partial charge on any atom is 0.257 e. The average Bonchev–Trinajstić information content (AvgIpc) is 3.07. The van der Waals surface area contributed by atoms with Crippen molar-refractivity contribution in [1.82, 2.24) is 10.3 Å². The van der Waals surface area contributed by atoms with Gasteiger partial charge in [-0.25, -0.2) is 4.98 Å². The fraction of sp³-hybridized carbons (Fsp3) is 0.318. The van der Waals surface area contributed by atoms with Crippen molar-refractivity contribution in [2.24, 2.45) is 0 Å². The van der Waals surface area contributed by atoms with Crippen LogP contribution in [0.4, 0.5) is 5.13 Å². The standard InChI is InChI=1S/C22H25N3O2S2/c1-4-5-6-15-7-12-18-19(13-15)29-22(23-18)25-21(28)24-20(26)16-8-10-17(11-9-16)27-14(2)3/h7-14H,4-6H2,1-3H3,(H2,23,24,25,26,28). The number of aromatic nitrogens is 1. The number of amides is 1. The number of thiazole rings is 1. The first-order chi connectivity index (χ1) is 13.9. The van der Waals surface area contributed by atoms with Crippen LogP contribution in [0.3, 0.4) is 0 Å². The van der Waals surface area contributed by atoms with Gasteiger partial charge in [-0.2, -0.15) is 0 Å². The van der Waals surface area contributed by atoms with Crippen LogP contribution in [0.1, 0.15) is 49.5 Å². The van der Waals surface area contributed by atoms with E-state index in [0.717, 1.165) is 22.4 Å². The topological polar surface area (TPSA) is 63.2 Å². The Kier molecular flexibility index (Phi) is 7.17. The molecule has 0 bridgehead atoms. The zero-order valence-corrected chi connectivity index (χ0v) is 18.5. The Morgan fingerprint density at radius 1 is 1.21 bits per heavy atom. The number of carbonyl (C=O) groups excluding carboxylic acids is 1. The lowest BCUT2D eigenvalue weighted by molar-refractivity contribution is 0.0977. The third-order valence-corrected chi connectivity index (χ3v) is 5.35. The summed E-state index contributed by atoms with van der Waals surface area (Å²) in [5, 5.41) is 6.60. The number of nitrogens with one attached hydrogen (secondary N) is 2. The summed E-state index contributed by atoms with van der Waals surface area (Å²) in [6.45, 7) is 6.10. The van der Waals surface area contributed by atoms with Crippen LogP contribution in [0.5, 0.6) is 5.75 Å². The number of fused-ring (bicyclic) bond motifs is 1. The molecule has 0 radical (unpaired) electrons. The fourth-order valence-corrected chi connectivity index (χ4v) is 4.01. The molecule has 152 valence electrons. The van der Waals surface area contributed by atoms with Crippen molar-refractivity contribution in [3.05, 3.63) is 53.6 Å². The van der Waals surface area contributed by atoms with Crippen molar-refractivity contribution in [3.8, 4) is 5.75 Å². The Balaban J connectivity index is 1.60. The molecule has 1 aromatic heterocycles. The van der Waals surface area contributed by atoms with E-state index in [1.807, 2.05) is 19.9 Å². The molecule has 0 saturated carbocycles. The fourth-order valence-electron chi connectivity index (χ4n) is 2.82. The summed E-state index contributed by atoms with van der Waals surface area (Å²) in [5.74, 6) is 0.451. The highest BCUT2D eigenvalue weighted by molar-refractivity contribution is 7.80. The number of carbonyl (C=O) groups is 1. The number of anilines is 1. The first kappa shape index (κ1) is 21.2. The smallest absolute Gasteiger partial charge is 0.257 e. The molecule has 2 aromatic carbocycles. The van der Waals surface area contributed by atoms with Crippen LogP contribution >= 0.6 is 23.6 Å². The lowest BCUT2D eigenvalue weighted by atomic mass is 10.1. The Morgan fingerprint density at radius 2 is 1.97 bits per heavy atom. The van der Waals surface area contributed by atoms with Crippen molar-refractivity contribution < 1.29 is 9.53 Å². The lowest BCUT2D eigenvalue weighted by Crippen LogP contribution is -2.34. The highest BCUT2D eigenvalue weighted by atomic mass is 32.1. The third kappa shape index (κ3) is 5.98. The molecule has 0 spiro atoms. The van der Waals surface area contributed by atoms with Crippen molar-refractivity contribution in [2.75, 3.05) is 5.32 Å². The van der Waals surface area contributed by atoms with Gasteiger partial charge in [-0.15, -0.1) is 0 Å². The Morgan fingerprint density at radius 3 is 2.66 bits per heavy atom. The predicted octanol–water partition coefficient (Wildman–Crippen LogP) is 5.55. The van der Waals surface area contributed by atoms with Gasteiger partial charge in [0.1, 0.15) is 5.75 Å². The molecule has 0 atom stereocenters. The van der Waals surface area contributed by atoms with E-state index >= 15 is 0 Å². The van der Waals surface area contributed by atoms with Crippen LogP contribution in [0.15, 0.2) is 42.5 Å². The van der Waals surface area contributed by atoms with Gasteiger partial charge >= 0.3 is 0 Å². The largest absolute Gasteiger partial charge is 0.491 e. The maximum absolute atomic E-state index is 12.4. The number of hydrogen-bond donors (Lipinski definition) is 2. The molecule has 2 N–H and O–H groups in total. The monoisotopic (exact) mass is 427 g/mol. The van der Waals surface area contributed by atoms with Gasteiger partial charge in [-0.1, -0.05) is 30.7 Å². The molecule has 0 aliphatic heterocycles. The molecule has 3 rings (SSSR count). The number of hydrogen-bond acceptors (Lipinski definition) is 5. The zero-order chi connectivity index (χ0) is 20.8. The van der Waals surface area contributed by atoms with Crippen LogP contribution in [-0.2, 0) is 6.42 Å². The Hall–Kier alpha value is -2.51. The summed E-state index contributed by atoms with van der Waals surface area (Å²) in [7, 11) is 0. The number of nitrogens with zero attached hydrogens (tertiary/aromatic N) is 1. The Labute approximate surface area is 180 Å². The molecule has 5 nitrogen and oxygen atoms in total. The molecular formula is C22H25N3O2S2. The van der Waals surface area contributed by atoms with E-state index in [2.05, 4.69) is 34.7 Å². The number of thiocarbonyl (C=S) groups is 1. The van der Waals surface area contributed by atoms with Gasteiger partial charge in [-0.3, -0.25) is 10.1 Å². The highest BCUT2D eigenvalue weighted by Crippen LogP contribution is 2.27. The van der Waals surface area contributed by atoms with Gasteiger partial charge in [0.15, 0.2) is 10.2 Å². The molecule has 0 unspecified atom stereocenters. The van der Waals surface area contributed by atoms with Crippen LogP contribution in [0, 0.1) is 0 Å². The molecular weight excluding hydrogens is 402 g/mol. The number of unbranched alkanes of at least 4 members (excludes halogenated alkanes) is 1. The summed E-state index contributed by atoms with van der Waals surface area (Å²) in [4.78, 5) is 16.9. The first-order valence-electron chi connectivity index (χ1n) is 9.73. The number of benzene rings is 2. The molecule has 0 aliphatic rings. The van der Waals surface area contributed by atoms with Crippen molar-refractivity contribution in [1.29, 1.82) is 0 Å². The number of rotatable bonds is 7. The molecule has 7 heteroatoms. The third-order valence-electron chi connectivity index (χ3n) is 4.21. The molecule has 3 aromatic rings. The second-order valence-electron chi connectivity index (χ2n) is 7.02. The molecule has 1 heterocycles. The van der Waals surface area contributed by atoms with E-state index in [4.69, 9.17) is 17.0 Å². The van der Waals surface area contributed by atoms with Crippen LogP contribution < -0.4 is 15.4 Å². The summed E-state index contributed by atoms with van der Waals surface area (Å²) in [6.07, 6.45) is 3.51. The van der Waals surface area contributed by atoms with Gasteiger partial charge < -0.3 is 10.1 Å². The van der Waals surface area contributed by atoms with Gasteiger partial charge in [0.25, 0.3) is 5.91 Å². The molecule has 1 amide bonds. The summed E-state index contributed by atoms with van der Waals surface area (Å²) < 4.78 is 6.70. The van der Waals surface area contributed by atoms with Gasteiger partial charge in [-0.05, 0) is 80.9 Å².